The van der Waals surface area contributed by atoms with Crippen molar-refractivity contribution in [1.29, 1.82) is 5.26 Å². The minimum atomic E-state index is 0.686. The Kier molecular flexibility index (Phi) is 15.6. The van der Waals surface area contributed by atoms with Gasteiger partial charge in [-0.05, 0) is 87.6 Å². The SMILES string of the molecule is C=C(/C=C(\C)NCc1ccc(C)cc1)c1ccccc1C.C=C(C)c1cccc(C#N)c1.CN=CC(NC)=C(C)C. The van der Waals surface area contributed by atoms with Gasteiger partial charge in [-0.3, -0.25) is 4.99 Å². The maximum atomic E-state index is 8.56. The smallest absolute Gasteiger partial charge is 0.0991 e. The molecule has 3 rings (SSSR count). The summed E-state index contributed by atoms with van der Waals surface area (Å²) in [5.74, 6) is 0. The molecule has 0 amide bonds. The molecule has 0 spiro atoms. The van der Waals surface area contributed by atoms with Gasteiger partial charge in [0.2, 0.25) is 0 Å². The molecular weight excluding hydrogens is 500 g/mol. The van der Waals surface area contributed by atoms with Crippen molar-refractivity contribution in [2.45, 2.75) is 48.1 Å². The standard InChI is InChI=1S/C20H23N.C10H9N.C7H14N2/c1-15-9-11-19(12-10-15)14-21-18(4)13-17(3)20-8-6-5-7-16(20)2;1-8(2)10-5-3-4-9(6-10)7-11;1-6(2)7(9-4)5-8-3/h5-13,21H,3,14H2,1-2,4H3;3-6H,1H2,2H3;5,9H,1-4H3/b18-13+;;. The molecule has 2 N–H and O–H groups in total. The van der Waals surface area contributed by atoms with Crippen molar-refractivity contribution in [3.05, 3.63) is 142 Å². The Bertz CT molecular complexity index is 1410. The second-order valence-corrected chi connectivity index (χ2v) is 10.0. The molecule has 0 fully saturated rings. The summed E-state index contributed by atoms with van der Waals surface area (Å²) in [6.07, 6.45) is 3.92. The van der Waals surface area contributed by atoms with Crippen LogP contribution in [0.25, 0.3) is 11.1 Å². The zero-order valence-electron chi connectivity index (χ0n) is 26.1. The van der Waals surface area contributed by atoms with E-state index >= 15 is 0 Å². The Morgan fingerprint density at radius 1 is 0.927 bits per heavy atom. The van der Waals surface area contributed by atoms with Gasteiger partial charge in [0.1, 0.15) is 0 Å². The molecule has 4 nitrogen and oxygen atoms in total. The van der Waals surface area contributed by atoms with Crippen molar-refractivity contribution in [3.8, 4) is 6.07 Å². The van der Waals surface area contributed by atoms with Gasteiger partial charge in [-0.1, -0.05) is 90.5 Å². The zero-order valence-corrected chi connectivity index (χ0v) is 26.1. The summed E-state index contributed by atoms with van der Waals surface area (Å²) >= 11 is 0. The van der Waals surface area contributed by atoms with Gasteiger partial charge in [0.05, 0.1) is 17.3 Å². The lowest BCUT2D eigenvalue weighted by molar-refractivity contribution is 0.812. The van der Waals surface area contributed by atoms with Gasteiger partial charge in [-0.25, -0.2) is 0 Å². The monoisotopic (exact) mass is 546 g/mol. The summed E-state index contributed by atoms with van der Waals surface area (Å²) in [6, 6.07) is 26.4. The molecule has 41 heavy (non-hydrogen) atoms. The number of benzene rings is 3. The summed E-state index contributed by atoms with van der Waals surface area (Å²) < 4.78 is 0. The first-order chi connectivity index (χ1) is 19.5. The van der Waals surface area contributed by atoms with Crippen molar-refractivity contribution < 1.29 is 0 Å². The molecule has 214 valence electrons. The number of allylic oxidation sites excluding steroid dienone is 6. The van der Waals surface area contributed by atoms with E-state index in [2.05, 4.69) is 110 Å². The first-order valence-electron chi connectivity index (χ1n) is 13.7. The first-order valence-corrected chi connectivity index (χ1v) is 13.7. The number of nitrogens with one attached hydrogen (secondary N) is 2. The molecule has 4 heteroatoms. The number of rotatable bonds is 8. The van der Waals surface area contributed by atoms with E-state index in [9.17, 15) is 0 Å². The van der Waals surface area contributed by atoms with Crippen LogP contribution < -0.4 is 10.6 Å². The van der Waals surface area contributed by atoms with Crippen LogP contribution in [0.3, 0.4) is 0 Å². The fourth-order valence-electron chi connectivity index (χ4n) is 3.70. The van der Waals surface area contributed by atoms with Gasteiger partial charge in [-0.15, -0.1) is 0 Å². The molecule has 0 saturated heterocycles. The van der Waals surface area contributed by atoms with Crippen LogP contribution >= 0.6 is 0 Å². The van der Waals surface area contributed by atoms with Crippen molar-refractivity contribution in [1.82, 2.24) is 10.6 Å². The van der Waals surface area contributed by atoms with Gasteiger partial charge in [-0.2, -0.15) is 5.26 Å². The second kappa shape index (κ2) is 18.6. The van der Waals surface area contributed by atoms with Crippen LogP contribution in [0.2, 0.25) is 0 Å². The van der Waals surface area contributed by atoms with Crippen LogP contribution in [0.1, 0.15) is 61.1 Å². The quantitative estimate of drug-likeness (QED) is 0.219. The van der Waals surface area contributed by atoms with Crippen LogP contribution in [0.15, 0.2) is 114 Å². The number of aliphatic imine (C=N–C) groups is 1. The lowest BCUT2D eigenvalue weighted by atomic mass is 10.0. The largest absolute Gasteiger partial charge is 0.387 e. The Morgan fingerprint density at radius 3 is 2.10 bits per heavy atom. The first kappa shape index (κ1) is 34.4. The van der Waals surface area contributed by atoms with Crippen LogP contribution in [0.4, 0.5) is 0 Å². The topological polar surface area (TPSA) is 60.2 Å². The fraction of sp³-hybridized carbons (Fsp3) is 0.243. The maximum Gasteiger partial charge on any atom is 0.0991 e. The maximum absolute atomic E-state index is 8.56. The molecular formula is C37H46N4. The highest BCUT2D eigenvalue weighted by molar-refractivity contribution is 5.78. The van der Waals surface area contributed by atoms with Crippen molar-refractivity contribution in [3.63, 3.8) is 0 Å². The third-order valence-electron chi connectivity index (χ3n) is 6.12. The Morgan fingerprint density at radius 2 is 1.59 bits per heavy atom. The average molecular weight is 547 g/mol. The summed E-state index contributed by atoms with van der Waals surface area (Å²) in [4.78, 5) is 3.88. The third-order valence-corrected chi connectivity index (χ3v) is 6.12. The van der Waals surface area contributed by atoms with E-state index in [1.54, 1.807) is 13.1 Å². The van der Waals surface area contributed by atoms with E-state index in [0.29, 0.717) is 5.56 Å². The number of nitriles is 1. The lowest BCUT2D eigenvalue weighted by Crippen LogP contribution is -2.10. The predicted molar refractivity (Wildman–Crippen MR) is 180 cm³/mol. The fourth-order valence-corrected chi connectivity index (χ4v) is 3.70. The lowest BCUT2D eigenvalue weighted by Gasteiger charge is -2.10. The highest BCUT2D eigenvalue weighted by atomic mass is 14.9. The molecule has 0 saturated carbocycles. The predicted octanol–water partition coefficient (Wildman–Crippen LogP) is 8.80. The van der Waals surface area contributed by atoms with Crippen LogP contribution in [-0.4, -0.2) is 20.3 Å². The minimum absolute atomic E-state index is 0.686. The molecule has 0 atom stereocenters. The molecule has 0 heterocycles. The van der Waals surface area contributed by atoms with Crippen molar-refractivity contribution in [2.24, 2.45) is 4.99 Å². The summed E-state index contributed by atoms with van der Waals surface area (Å²) in [5.41, 5.74) is 12.3. The highest BCUT2D eigenvalue weighted by Gasteiger charge is 2.00. The van der Waals surface area contributed by atoms with Gasteiger partial charge in [0.15, 0.2) is 0 Å². The van der Waals surface area contributed by atoms with Gasteiger partial charge >= 0.3 is 0 Å². The number of hydrogen-bond acceptors (Lipinski definition) is 4. The normalized spacial score (nSPS) is 10.3. The van der Waals surface area contributed by atoms with Crippen LogP contribution in [0, 0.1) is 25.2 Å². The minimum Gasteiger partial charge on any atom is -0.387 e. The molecule has 0 aliphatic carbocycles. The van der Waals surface area contributed by atoms with Gasteiger partial charge < -0.3 is 10.6 Å². The molecule has 3 aromatic carbocycles. The second-order valence-electron chi connectivity index (χ2n) is 10.0. The zero-order chi connectivity index (χ0) is 30.8. The van der Waals surface area contributed by atoms with E-state index in [-0.39, 0.29) is 0 Å². The Labute approximate surface area is 248 Å². The third kappa shape index (κ3) is 13.3. The summed E-state index contributed by atoms with van der Waals surface area (Å²) in [5, 5.41) is 15.0. The number of nitrogens with zero attached hydrogens (tertiary/aromatic N) is 2. The number of hydrogen-bond donors (Lipinski definition) is 2. The van der Waals surface area contributed by atoms with Gasteiger partial charge in [0, 0.05) is 32.6 Å². The molecule has 0 unspecified atom stereocenters. The Balaban J connectivity index is 0.000000352. The van der Waals surface area contributed by atoms with E-state index in [1.165, 1.54) is 27.8 Å². The average Bonchev–Trinajstić information content (AvgIpc) is 2.96. The molecule has 0 aromatic heterocycles. The van der Waals surface area contributed by atoms with Gasteiger partial charge in [0.25, 0.3) is 0 Å². The molecule has 0 bridgehead atoms. The van der Waals surface area contributed by atoms with Crippen LogP contribution in [-0.2, 0) is 6.54 Å². The van der Waals surface area contributed by atoms with E-state index < -0.39 is 0 Å². The van der Waals surface area contributed by atoms with E-state index in [4.69, 9.17) is 5.26 Å². The van der Waals surface area contributed by atoms with Crippen molar-refractivity contribution >= 4 is 17.4 Å². The van der Waals surface area contributed by atoms with E-state index in [1.807, 2.05) is 52.2 Å². The van der Waals surface area contributed by atoms with Crippen LogP contribution in [0.5, 0.6) is 0 Å². The summed E-state index contributed by atoms with van der Waals surface area (Å²) in [6.45, 7) is 21.1. The molecule has 0 aliphatic heterocycles. The van der Waals surface area contributed by atoms with E-state index in [0.717, 1.165) is 34.6 Å². The Hall–Kier alpha value is -4.62. The van der Waals surface area contributed by atoms with Crippen molar-refractivity contribution in [2.75, 3.05) is 14.1 Å². The highest BCUT2D eigenvalue weighted by Crippen LogP contribution is 2.19. The molecule has 3 aromatic rings. The summed E-state index contributed by atoms with van der Waals surface area (Å²) in [7, 11) is 3.66. The molecule has 0 aliphatic rings. The molecule has 0 radical (unpaired) electrons. The number of aryl methyl sites for hydroxylation is 2.